The van der Waals surface area contributed by atoms with Crippen LogP contribution in [0.15, 0.2) is 36.4 Å². The summed E-state index contributed by atoms with van der Waals surface area (Å²) in [5, 5.41) is 3.38. The zero-order valence-corrected chi connectivity index (χ0v) is 15.2. The molecule has 1 saturated heterocycles. The molecule has 1 amide bonds. The van der Waals surface area contributed by atoms with E-state index in [-0.39, 0.29) is 11.9 Å². The number of carbonyl (C=O) groups is 1. The minimum absolute atomic E-state index is 0.00691. The number of hydrogen-bond donors (Lipinski definition) is 1. The van der Waals surface area contributed by atoms with Crippen molar-refractivity contribution in [2.75, 3.05) is 18.4 Å². The van der Waals surface area contributed by atoms with E-state index in [1.165, 1.54) is 12.0 Å². The van der Waals surface area contributed by atoms with Crippen LogP contribution >= 0.6 is 0 Å². The number of carbonyl (C=O) groups excluding carboxylic acids is 1. The summed E-state index contributed by atoms with van der Waals surface area (Å²) >= 11 is 0. The number of nitrogens with one attached hydrogen (secondary N) is 1. The number of anilines is 1. The zero-order valence-electron chi connectivity index (χ0n) is 15.2. The van der Waals surface area contributed by atoms with Gasteiger partial charge in [0.2, 0.25) is 0 Å². The number of nitrogens with zero attached hydrogens (tertiary/aromatic N) is 3. The summed E-state index contributed by atoms with van der Waals surface area (Å²) in [6.07, 6.45) is 2.25. The van der Waals surface area contributed by atoms with Crippen LogP contribution < -0.4 is 5.32 Å². The second-order valence-electron chi connectivity index (χ2n) is 6.96. The van der Waals surface area contributed by atoms with E-state index in [0.717, 1.165) is 19.5 Å². The predicted octanol–water partition coefficient (Wildman–Crippen LogP) is 3.83. The highest BCUT2D eigenvalue weighted by Crippen LogP contribution is 2.21. The highest BCUT2D eigenvalue weighted by molar-refractivity contribution is 5.93. The SMILES string of the molecule is Cc1nc(NC(C)c2ccccc2)cc(C(=O)N2CCCC(C)C2)n1. The van der Waals surface area contributed by atoms with Gasteiger partial charge in [0.05, 0.1) is 0 Å². The summed E-state index contributed by atoms with van der Waals surface area (Å²) in [6.45, 7) is 7.73. The minimum atomic E-state index is 0.00691. The molecule has 2 atom stereocenters. The fourth-order valence-corrected chi connectivity index (χ4v) is 3.33. The fraction of sp³-hybridized carbons (Fsp3) is 0.450. The topological polar surface area (TPSA) is 58.1 Å². The molecule has 0 aliphatic carbocycles. The van der Waals surface area contributed by atoms with Gasteiger partial charge in [-0.2, -0.15) is 0 Å². The third-order valence-corrected chi connectivity index (χ3v) is 4.67. The molecular weight excluding hydrogens is 312 g/mol. The monoisotopic (exact) mass is 338 g/mol. The van der Waals surface area contributed by atoms with E-state index in [9.17, 15) is 4.79 Å². The number of hydrogen-bond acceptors (Lipinski definition) is 4. The average molecular weight is 338 g/mol. The number of amides is 1. The second-order valence-corrected chi connectivity index (χ2v) is 6.96. The molecule has 3 rings (SSSR count). The van der Waals surface area contributed by atoms with E-state index in [1.54, 1.807) is 6.07 Å². The van der Waals surface area contributed by atoms with Gasteiger partial charge in [-0.1, -0.05) is 37.3 Å². The molecule has 25 heavy (non-hydrogen) atoms. The highest BCUT2D eigenvalue weighted by atomic mass is 16.2. The first-order valence-electron chi connectivity index (χ1n) is 8.99. The first-order chi connectivity index (χ1) is 12.0. The molecule has 1 aliphatic heterocycles. The van der Waals surface area contributed by atoms with Crippen LogP contribution in [0.4, 0.5) is 5.82 Å². The van der Waals surface area contributed by atoms with Gasteiger partial charge in [0.15, 0.2) is 0 Å². The van der Waals surface area contributed by atoms with Gasteiger partial charge in [-0.15, -0.1) is 0 Å². The predicted molar refractivity (Wildman–Crippen MR) is 99.6 cm³/mol. The molecule has 5 nitrogen and oxygen atoms in total. The lowest BCUT2D eigenvalue weighted by molar-refractivity contribution is 0.0676. The molecule has 1 aromatic carbocycles. The van der Waals surface area contributed by atoms with E-state index < -0.39 is 0 Å². The van der Waals surface area contributed by atoms with Crippen molar-refractivity contribution in [1.82, 2.24) is 14.9 Å². The third-order valence-electron chi connectivity index (χ3n) is 4.67. The molecule has 0 radical (unpaired) electrons. The Morgan fingerprint density at radius 2 is 2.04 bits per heavy atom. The summed E-state index contributed by atoms with van der Waals surface area (Å²) < 4.78 is 0. The van der Waals surface area contributed by atoms with Crippen molar-refractivity contribution in [2.45, 2.75) is 39.7 Å². The van der Waals surface area contributed by atoms with Crippen molar-refractivity contribution in [2.24, 2.45) is 5.92 Å². The van der Waals surface area contributed by atoms with Crippen molar-refractivity contribution in [3.05, 3.63) is 53.5 Å². The molecule has 132 valence electrons. The van der Waals surface area contributed by atoms with Crippen LogP contribution in [0.5, 0.6) is 0 Å². The average Bonchev–Trinajstić information content (AvgIpc) is 2.61. The number of piperidine rings is 1. The molecule has 1 N–H and O–H groups in total. The molecule has 1 aromatic heterocycles. The molecule has 1 aliphatic rings. The molecule has 0 spiro atoms. The van der Waals surface area contributed by atoms with Gasteiger partial charge in [0.25, 0.3) is 5.91 Å². The van der Waals surface area contributed by atoms with Gasteiger partial charge in [-0.05, 0) is 38.2 Å². The lowest BCUT2D eigenvalue weighted by Gasteiger charge is -2.30. The van der Waals surface area contributed by atoms with Crippen molar-refractivity contribution >= 4 is 11.7 Å². The largest absolute Gasteiger partial charge is 0.363 e. The van der Waals surface area contributed by atoms with Crippen LogP contribution in [0.1, 0.15) is 54.6 Å². The molecule has 2 aromatic rings. The van der Waals surface area contributed by atoms with Crippen molar-refractivity contribution in [3.63, 3.8) is 0 Å². The quantitative estimate of drug-likeness (QED) is 0.920. The maximum Gasteiger partial charge on any atom is 0.272 e. The molecule has 1 fully saturated rings. The van der Waals surface area contributed by atoms with Crippen LogP contribution in [0.25, 0.3) is 0 Å². The Morgan fingerprint density at radius 1 is 1.28 bits per heavy atom. The normalized spacial score (nSPS) is 18.7. The number of rotatable bonds is 4. The summed E-state index contributed by atoms with van der Waals surface area (Å²) in [6, 6.07) is 12.1. The van der Waals surface area contributed by atoms with Gasteiger partial charge < -0.3 is 10.2 Å². The molecule has 5 heteroatoms. The molecule has 0 bridgehead atoms. The zero-order chi connectivity index (χ0) is 17.8. The Balaban J connectivity index is 1.77. The Morgan fingerprint density at radius 3 is 2.76 bits per heavy atom. The second kappa shape index (κ2) is 7.64. The molecule has 0 saturated carbocycles. The smallest absolute Gasteiger partial charge is 0.272 e. The van der Waals surface area contributed by atoms with Crippen molar-refractivity contribution < 1.29 is 4.79 Å². The Bertz CT molecular complexity index is 732. The van der Waals surface area contributed by atoms with Gasteiger partial charge >= 0.3 is 0 Å². The number of likely N-dealkylation sites (tertiary alicyclic amines) is 1. The van der Waals surface area contributed by atoms with Crippen LogP contribution in [0.3, 0.4) is 0 Å². The van der Waals surface area contributed by atoms with E-state index in [1.807, 2.05) is 30.0 Å². The van der Waals surface area contributed by atoms with E-state index in [0.29, 0.717) is 23.3 Å². The summed E-state index contributed by atoms with van der Waals surface area (Å²) in [5.41, 5.74) is 1.65. The maximum absolute atomic E-state index is 12.8. The van der Waals surface area contributed by atoms with Crippen LogP contribution in [-0.2, 0) is 0 Å². The standard InChI is InChI=1S/C20H26N4O/c1-14-8-7-11-24(13-14)20(25)18-12-19(23-16(3)22-18)21-15(2)17-9-5-4-6-10-17/h4-6,9-10,12,14-15H,7-8,11,13H2,1-3H3,(H,21,22,23). The number of aryl methyl sites for hydroxylation is 1. The Kier molecular flexibility index (Phi) is 5.31. The highest BCUT2D eigenvalue weighted by Gasteiger charge is 2.23. The molecular formula is C20H26N4O. The van der Waals surface area contributed by atoms with Gasteiger partial charge in [-0.3, -0.25) is 4.79 Å². The molecule has 2 heterocycles. The lowest BCUT2D eigenvalue weighted by atomic mass is 10.00. The first kappa shape index (κ1) is 17.4. The van der Waals surface area contributed by atoms with E-state index >= 15 is 0 Å². The Hall–Kier alpha value is -2.43. The molecule has 2 unspecified atom stereocenters. The van der Waals surface area contributed by atoms with Crippen molar-refractivity contribution in [3.8, 4) is 0 Å². The van der Waals surface area contributed by atoms with Crippen LogP contribution in [0, 0.1) is 12.8 Å². The van der Waals surface area contributed by atoms with Crippen LogP contribution in [0.2, 0.25) is 0 Å². The summed E-state index contributed by atoms with van der Waals surface area (Å²) in [4.78, 5) is 23.6. The van der Waals surface area contributed by atoms with E-state index in [4.69, 9.17) is 0 Å². The maximum atomic E-state index is 12.8. The number of benzene rings is 1. The van der Waals surface area contributed by atoms with Gasteiger partial charge in [-0.25, -0.2) is 9.97 Å². The summed E-state index contributed by atoms with van der Waals surface area (Å²) in [7, 11) is 0. The third kappa shape index (κ3) is 4.35. The lowest BCUT2D eigenvalue weighted by Crippen LogP contribution is -2.39. The first-order valence-corrected chi connectivity index (χ1v) is 8.99. The summed E-state index contributed by atoms with van der Waals surface area (Å²) in [5.74, 6) is 1.86. The van der Waals surface area contributed by atoms with Crippen LogP contribution in [-0.4, -0.2) is 33.9 Å². The number of aromatic nitrogens is 2. The minimum Gasteiger partial charge on any atom is -0.363 e. The van der Waals surface area contributed by atoms with Crippen molar-refractivity contribution in [1.29, 1.82) is 0 Å². The Labute approximate surface area is 149 Å². The van der Waals surface area contributed by atoms with E-state index in [2.05, 4.69) is 41.3 Å². The van der Waals surface area contributed by atoms with Gasteiger partial charge in [0, 0.05) is 25.2 Å². The van der Waals surface area contributed by atoms with Gasteiger partial charge in [0.1, 0.15) is 17.3 Å². The fourth-order valence-electron chi connectivity index (χ4n) is 3.33.